The summed E-state index contributed by atoms with van der Waals surface area (Å²) in [7, 11) is 0. The van der Waals surface area contributed by atoms with Crippen LogP contribution in [-0.4, -0.2) is 17.6 Å². The average molecular weight is 255 g/mol. The van der Waals surface area contributed by atoms with Crippen LogP contribution in [0.4, 0.5) is 0 Å². The van der Waals surface area contributed by atoms with E-state index in [0.29, 0.717) is 11.5 Å². The van der Waals surface area contributed by atoms with Crippen molar-refractivity contribution in [3.05, 3.63) is 24.3 Å². The predicted octanol–water partition coefficient (Wildman–Crippen LogP) is 2.95. The van der Waals surface area contributed by atoms with Crippen LogP contribution in [0.25, 0.3) is 0 Å². The molecular formula is C12H11ClO2S. The summed E-state index contributed by atoms with van der Waals surface area (Å²) < 4.78 is 5.09. The van der Waals surface area contributed by atoms with E-state index in [2.05, 4.69) is 11.8 Å². The van der Waals surface area contributed by atoms with Gasteiger partial charge >= 0.3 is 5.97 Å². The highest BCUT2D eigenvalue weighted by Crippen LogP contribution is 2.28. The fraction of sp³-hybridized carbons (Fsp3) is 0.250. The molecule has 0 heterocycles. The van der Waals surface area contributed by atoms with Crippen LogP contribution in [0, 0.1) is 11.8 Å². The molecule has 0 aliphatic heterocycles. The highest BCUT2D eigenvalue weighted by molar-refractivity contribution is 7.99. The number of benzene rings is 1. The summed E-state index contributed by atoms with van der Waals surface area (Å²) in [6, 6.07) is 7.33. The van der Waals surface area contributed by atoms with Gasteiger partial charge in [-0.25, -0.2) is 0 Å². The molecule has 0 spiro atoms. The van der Waals surface area contributed by atoms with Gasteiger partial charge in [-0.15, -0.1) is 29.3 Å². The van der Waals surface area contributed by atoms with Gasteiger partial charge in [0.05, 0.1) is 10.6 Å². The van der Waals surface area contributed by atoms with Crippen molar-refractivity contribution >= 4 is 29.3 Å². The van der Waals surface area contributed by atoms with E-state index in [1.165, 1.54) is 11.8 Å². The number of carbonyl (C=O) groups excluding carboxylic acids is 1. The van der Waals surface area contributed by atoms with E-state index in [1.54, 1.807) is 13.0 Å². The van der Waals surface area contributed by atoms with Crippen LogP contribution in [0.5, 0.6) is 5.75 Å². The Labute approximate surface area is 104 Å². The first-order chi connectivity index (χ1) is 7.77. The number of para-hydroxylation sites is 1. The highest BCUT2D eigenvalue weighted by Gasteiger charge is 2.07. The summed E-state index contributed by atoms with van der Waals surface area (Å²) in [5.41, 5.74) is 0. The molecule has 0 fully saturated rings. The minimum absolute atomic E-state index is 0.145. The molecule has 0 saturated carbocycles. The van der Waals surface area contributed by atoms with Crippen molar-refractivity contribution in [2.24, 2.45) is 0 Å². The quantitative estimate of drug-likeness (QED) is 0.272. The molecule has 1 rings (SSSR count). The van der Waals surface area contributed by atoms with E-state index >= 15 is 0 Å². The summed E-state index contributed by atoms with van der Waals surface area (Å²) >= 11 is 6.91. The lowest BCUT2D eigenvalue weighted by Crippen LogP contribution is -2.09. The Morgan fingerprint density at radius 3 is 2.94 bits per heavy atom. The molecule has 0 atom stereocenters. The van der Waals surface area contributed by atoms with Crippen molar-refractivity contribution in [2.45, 2.75) is 11.8 Å². The number of carbonyl (C=O) groups is 1. The first-order valence-electron chi connectivity index (χ1n) is 4.66. The Hall–Kier alpha value is -1.11. The van der Waals surface area contributed by atoms with Gasteiger partial charge in [0.1, 0.15) is 11.6 Å². The lowest BCUT2D eigenvalue weighted by molar-refractivity contribution is -0.131. The van der Waals surface area contributed by atoms with Crippen LogP contribution in [-0.2, 0) is 4.79 Å². The molecule has 0 aliphatic carbocycles. The summed E-state index contributed by atoms with van der Waals surface area (Å²) in [5, 5.41) is 0. The smallest absolute Gasteiger partial charge is 0.326 e. The zero-order chi connectivity index (χ0) is 11.8. The summed E-state index contributed by atoms with van der Waals surface area (Å²) in [4.78, 5) is 12.0. The zero-order valence-electron chi connectivity index (χ0n) is 8.83. The number of rotatable bonds is 4. The van der Waals surface area contributed by atoms with E-state index in [4.69, 9.17) is 16.3 Å². The van der Waals surface area contributed by atoms with E-state index in [9.17, 15) is 4.79 Å². The van der Waals surface area contributed by atoms with Crippen molar-refractivity contribution < 1.29 is 9.53 Å². The van der Waals surface area contributed by atoms with Gasteiger partial charge < -0.3 is 4.74 Å². The maximum absolute atomic E-state index is 11.1. The molecule has 4 heteroatoms. The number of esters is 1. The number of halogens is 1. The normalized spacial score (nSPS) is 9.12. The van der Waals surface area contributed by atoms with Gasteiger partial charge in [-0.2, -0.15) is 0 Å². The predicted molar refractivity (Wildman–Crippen MR) is 67.0 cm³/mol. The molecule has 1 aromatic rings. The summed E-state index contributed by atoms with van der Waals surface area (Å²) in [6.45, 7) is 1.79. The fourth-order valence-electron chi connectivity index (χ4n) is 0.990. The number of ether oxygens (including phenoxy) is 1. The second-order valence-corrected chi connectivity index (χ2v) is 4.05. The molecular weight excluding hydrogens is 244 g/mol. The van der Waals surface area contributed by atoms with Gasteiger partial charge in [0.2, 0.25) is 0 Å². The molecule has 0 saturated heterocycles. The number of thioether (sulfide) groups is 1. The molecule has 0 aliphatic rings. The van der Waals surface area contributed by atoms with Crippen LogP contribution in [0.1, 0.15) is 6.92 Å². The SMILES string of the molecule is CC#CCSc1ccccc1OC(=O)CCl. The number of hydrogen-bond acceptors (Lipinski definition) is 3. The van der Waals surface area contributed by atoms with Gasteiger partial charge in [-0.3, -0.25) is 4.79 Å². The summed E-state index contributed by atoms with van der Waals surface area (Å²) in [6.07, 6.45) is 0. The third kappa shape index (κ3) is 4.18. The molecule has 16 heavy (non-hydrogen) atoms. The zero-order valence-corrected chi connectivity index (χ0v) is 10.4. The molecule has 0 radical (unpaired) electrons. The van der Waals surface area contributed by atoms with Crippen LogP contribution in [0.3, 0.4) is 0 Å². The van der Waals surface area contributed by atoms with Crippen LogP contribution < -0.4 is 4.74 Å². The maximum Gasteiger partial charge on any atom is 0.326 e. The van der Waals surface area contributed by atoms with Crippen LogP contribution in [0.2, 0.25) is 0 Å². The van der Waals surface area contributed by atoms with E-state index in [0.717, 1.165) is 4.90 Å². The molecule has 0 N–H and O–H groups in total. The minimum atomic E-state index is -0.448. The van der Waals surface area contributed by atoms with Crippen molar-refractivity contribution in [3.63, 3.8) is 0 Å². The lowest BCUT2D eigenvalue weighted by Gasteiger charge is -2.06. The molecule has 0 unspecified atom stereocenters. The van der Waals surface area contributed by atoms with Gasteiger partial charge in [0.25, 0.3) is 0 Å². The first-order valence-corrected chi connectivity index (χ1v) is 6.18. The van der Waals surface area contributed by atoms with Gasteiger partial charge in [-0.05, 0) is 19.1 Å². The Morgan fingerprint density at radius 2 is 2.25 bits per heavy atom. The second-order valence-electron chi connectivity index (χ2n) is 2.77. The van der Waals surface area contributed by atoms with Crippen molar-refractivity contribution in [1.29, 1.82) is 0 Å². The van der Waals surface area contributed by atoms with Crippen LogP contribution in [0.15, 0.2) is 29.2 Å². The number of hydrogen-bond donors (Lipinski definition) is 0. The van der Waals surface area contributed by atoms with E-state index in [1.807, 2.05) is 18.2 Å². The largest absolute Gasteiger partial charge is 0.424 e. The Kier molecular flexibility index (Phi) is 5.84. The van der Waals surface area contributed by atoms with Gasteiger partial charge in [0, 0.05) is 0 Å². The molecule has 0 amide bonds. The standard InChI is InChI=1S/C12H11ClO2S/c1-2-3-8-16-11-7-5-4-6-10(11)15-12(14)9-13/h4-7H,8-9H2,1H3. The first kappa shape index (κ1) is 13.0. The number of alkyl halides is 1. The van der Waals surface area contributed by atoms with E-state index < -0.39 is 5.97 Å². The maximum atomic E-state index is 11.1. The third-order valence-corrected chi connectivity index (χ3v) is 2.81. The monoisotopic (exact) mass is 254 g/mol. The average Bonchev–Trinajstić information content (AvgIpc) is 2.31. The lowest BCUT2D eigenvalue weighted by atomic mass is 10.3. The van der Waals surface area contributed by atoms with E-state index in [-0.39, 0.29) is 5.88 Å². The molecule has 0 bridgehead atoms. The fourth-order valence-corrected chi connectivity index (χ4v) is 1.84. The Morgan fingerprint density at radius 1 is 1.50 bits per heavy atom. The van der Waals surface area contributed by atoms with Crippen LogP contribution >= 0.6 is 23.4 Å². The Bertz CT molecular complexity index is 421. The van der Waals surface area contributed by atoms with Crippen molar-refractivity contribution in [1.82, 2.24) is 0 Å². The second kappa shape index (κ2) is 7.21. The topological polar surface area (TPSA) is 26.3 Å². The minimum Gasteiger partial charge on any atom is -0.424 e. The highest BCUT2D eigenvalue weighted by atomic mass is 35.5. The van der Waals surface area contributed by atoms with Gasteiger partial charge in [0.15, 0.2) is 0 Å². The summed E-state index contributed by atoms with van der Waals surface area (Å²) in [5.74, 6) is 6.36. The third-order valence-electron chi connectivity index (χ3n) is 1.66. The molecule has 1 aromatic carbocycles. The van der Waals surface area contributed by atoms with Crippen molar-refractivity contribution in [3.8, 4) is 17.6 Å². The Balaban J connectivity index is 2.73. The van der Waals surface area contributed by atoms with Gasteiger partial charge in [-0.1, -0.05) is 18.1 Å². The molecule has 0 aromatic heterocycles. The molecule has 84 valence electrons. The molecule has 2 nitrogen and oxygen atoms in total. The van der Waals surface area contributed by atoms with Crippen molar-refractivity contribution in [2.75, 3.05) is 11.6 Å².